The molecule has 1 N–H and O–H groups in total. The van der Waals surface area contributed by atoms with Crippen LogP contribution in [0.4, 0.5) is 0 Å². The largest absolute Gasteiger partial charge is 0.394 e. The minimum Gasteiger partial charge on any atom is -0.394 e. The molecule has 1 aliphatic heterocycles. The van der Waals surface area contributed by atoms with Gasteiger partial charge in [-0.15, -0.1) is 0 Å². The van der Waals surface area contributed by atoms with E-state index in [1.54, 1.807) is 0 Å². The summed E-state index contributed by atoms with van der Waals surface area (Å²) < 4.78 is 12.0. The molecule has 0 saturated carbocycles. The maximum Gasteiger partial charge on any atom is 0.116 e. The Hall–Kier alpha value is -2.02. The van der Waals surface area contributed by atoms with Crippen molar-refractivity contribution in [3.63, 3.8) is 0 Å². The standard InChI is InChI=1S/C20H23N3O3S/c1-14-7-9-16(10-8-14)27-20-17(22-23-21)11-18(19(12-24)26-20)25-13-15-5-3-2-4-6-15/h2-10,17-20,24H,11-13H2,1H3/t17-,18+,19-,20?/m1/s1. The summed E-state index contributed by atoms with van der Waals surface area (Å²) in [7, 11) is 0. The lowest BCUT2D eigenvalue weighted by molar-refractivity contribution is -0.141. The molecule has 4 atom stereocenters. The van der Waals surface area contributed by atoms with Crippen LogP contribution in [0, 0.1) is 6.92 Å². The summed E-state index contributed by atoms with van der Waals surface area (Å²) in [6, 6.07) is 17.6. The second kappa shape index (κ2) is 9.78. The predicted octanol–water partition coefficient (Wildman–Crippen LogP) is 4.46. The number of hydrogen-bond donors (Lipinski definition) is 1. The number of ether oxygens (including phenoxy) is 2. The van der Waals surface area contributed by atoms with Crippen molar-refractivity contribution < 1.29 is 14.6 Å². The van der Waals surface area contributed by atoms with Crippen molar-refractivity contribution in [1.82, 2.24) is 0 Å². The summed E-state index contributed by atoms with van der Waals surface area (Å²) in [5.41, 5.74) is 10.8. The van der Waals surface area contributed by atoms with Crippen molar-refractivity contribution in [3.05, 3.63) is 76.2 Å². The molecule has 0 bridgehead atoms. The van der Waals surface area contributed by atoms with Gasteiger partial charge in [0.05, 0.1) is 25.4 Å². The average Bonchev–Trinajstić information content (AvgIpc) is 2.70. The molecule has 27 heavy (non-hydrogen) atoms. The van der Waals surface area contributed by atoms with Crippen LogP contribution in [0.5, 0.6) is 0 Å². The molecular formula is C20H23N3O3S. The zero-order chi connectivity index (χ0) is 19.1. The van der Waals surface area contributed by atoms with Crippen LogP contribution in [-0.4, -0.2) is 35.4 Å². The van der Waals surface area contributed by atoms with E-state index >= 15 is 0 Å². The lowest BCUT2D eigenvalue weighted by Crippen LogP contribution is -2.47. The van der Waals surface area contributed by atoms with E-state index in [9.17, 15) is 5.11 Å². The quantitative estimate of drug-likeness (QED) is 0.433. The van der Waals surface area contributed by atoms with Gasteiger partial charge in [0.15, 0.2) is 0 Å². The first-order valence-corrected chi connectivity index (χ1v) is 9.77. The molecule has 1 fully saturated rings. The number of nitrogens with zero attached hydrogens (tertiary/aromatic N) is 3. The second-order valence-corrected chi connectivity index (χ2v) is 7.67. The van der Waals surface area contributed by atoms with Gasteiger partial charge in [-0.1, -0.05) is 64.9 Å². The highest BCUT2D eigenvalue weighted by Gasteiger charge is 2.38. The van der Waals surface area contributed by atoms with Crippen LogP contribution in [0.3, 0.4) is 0 Å². The van der Waals surface area contributed by atoms with Crippen LogP contribution in [0.15, 0.2) is 64.6 Å². The summed E-state index contributed by atoms with van der Waals surface area (Å²) in [6.07, 6.45) is -0.284. The van der Waals surface area contributed by atoms with Crippen LogP contribution in [0.1, 0.15) is 17.5 Å². The maximum absolute atomic E-state index is 9.78. The van der Waals surface area contributed by atoms with Crippen LogP contribution >= 0.6 is 11.8 Å². The number of benzene rings is 2. The molecule has 2 aromatic carbocycles. The Balaban J connectivity index is 1.68. The predicted molar refractivity (Wildman–Crippen MR) is 105 cm³/mol. The van der Waals surface area contributed by atoms with E-state index in [1.165, 1.54) is 17.3 Å². The van der Waals surface area contributed by atoms with E-state index in [0.717, 1.165) is 10.5 Å². The Kier molecular flexibility index (Phi) is 7.15. The highest BCUT2D eigenvalue weighted by atomic mass is 32.2. The van der Waals surface area contributed by atoms with Crippen LogP contribution in [-0.2, 0) is 16.1 Å². The Bertz CT molecular complexity index is 766. The number of hydrogen-bond acceptors (Lipinski definition) is 5. The number of aliphatic hydroxyl groups excluding tert-OH is 1. The molecule has 7 heteroatoms. The Morgan fingerprint density at radius 1 is 1.22 bits per heavy atom. The highest BCUT2D eigenvalue weighted by molar-refractivity contribution is 7.99. The lowest BCUT2D eigenvalue weighted by atomic mass is 10.0. The maximum atomic E-state index is 9.78. The lowest BCUT2D eigenvalue weighted by Gasteiger charge is -2.38. The molecule has 1 saturated heterocycles. The van der Waals surface area contributed by atoms with Crippen LogP contribution in [0.2, 0.25) is 0 Å². The number of aryl methyl sites for hydroxylation is 1. The Morgan fingerprint density at radius 3 is 2.63 bits per heavy atom. The van der Waals surface area contributed by atoms with Gasteiger partial charge in [-0.05, 0) is 36.6 Å². The third kappa shape index (κ3) is 5.48. The van der Waals surface area contributed by atoms with Crippen LogP contribution in [0.25, 0.3) is 10.4 Å². The molecule has 0 spiro atoms. The molecular weight excluding hydrogens is 362 g/mol. The molecule has 6 nitrogen and oxygen atoms in total. The minimum absolute atomic E-state index is 0.145. The number of aliphatic hydroxyl groups is 1. The smallest absolute Gasteiger partial charge is 0.116 e. The zero-order valence-electron chi connectivity index (χ0n) is 15.1. The molecule has 2 aromatic rings. The van der Waals surface area contributed by atoms with Gasteiger partial charge in [0, 0.05) is 9.81 Å². The third-order valence-electron chi connectivity index (χ3n) is 4.47. The number of rotatable bonds is 7. The van der Waals surface area contributed by atoms with Gasteiger partial charge in [0.1, 0.15) is 11.5 Å². The van der Waals surface area contributed by atoms with E-state index < -0.39 is 6.10 Å². The molecule has 1 heterocycles. The van der Waals surface area contributed by atoms with Crippen molar-refractivity contribution in [2.45, 2.75) is 48.5 Å². The summed E-state index contributed by atoms with van der Waals surface area (Å²) in [4.78, 5) is 4.01. The van der Waals surface area contributed by atoms with Crippen molar-refractivity contribution in [3.8, 4) is 0 Å². The minimum atomic E-state index is -0.457. The first-order chi connectivity index (χ1) is 13.2. The van der Waals surface area contributed by atoms with E-state index in [0.29, 0.717) is 13.0 Å². The van der Waals surface area contributed by atoms with Crippen molar-refractivity contribution in [2.24, 2.45) is 5.11 Å². The van der Waals surface area contributed by atoms with Crippen molar-refractivity contribution >= 4 is 11.8 Å². The zero-order valence-corrected chi connectivity index (χ0v) is 16.0. The van der Waals surface area contributed by atoms with Crippen LogP contribution < -0.4 is 0 Å². The molecule has 0 aromatic heterocycles. The van der Waals surface area contributed by atoms with Gasteiger partial charge in [-0.25, -0.2) is 0 Å². The summed E-state index contributed by atoms with van der Waals surface area (Å²) >= 11 is 1.50. The molecule has 0 radical (unpaired) electrons. The molecule has 1 unspecified atom stereocenters. The summed E-state index contributed by atoms with van der Waals surface area (Å²) in [5, 5.41) is 13.7. The fourth-order valence-corrected chi connectivity index (χ4v) is 4.07. The molecule has 1 aliphatic rings. The highest BCUT2D eigenvalue weighted by Crippen LogP contribution is 2.36. The monoisotopic (exact) mass is 385 g/mol. The number of thioether (sulfide) groups is 1. The summed E-state index contributed by atoms with van der Waals surface area (Å²) in [6.45, 7) is 2.31. The molecule has 3 rings (SSSR count). The Labute approximate surface area is 163 Å². The van der Waals surface area contributed by atoms with E-state index in [-0.39, 0.29) is 24.2 Å². The van der Waals surface area contributed by atoms with E-state index in [2.05, 4.69) is 10.0 Å². The summed E-state index contributed by atoms with van der Waals surface area (Å²) in [5.74, 6) is 0. The first-order valence-electron chi connectivity index (χ1n) is 8.89. The van der Waals surface area contributed by atoms with Gasteiger partial charge in [0.2, 0.25) is 0 Å². The molecule has 0 amide bonds. The fraction of sp³-hybridized carbons (Fsp3) is 0.400. The molecule has 0 aliphatic carbocycles. The van der Waals surface area contributed by atoms with Gasteiger partial charge in [0.25, 0.3) is 0 Å². The fourth-order valence-electron chi connectivity index (χ4n) is 2.99. The topological polar surface area (TPSA) is 87.5 Å². The molecule has 142 valence electrons. The third-order valence-corrected chi connectivity index (χ3v) is 5.67. The Morgan fingerprint density at radius 2 is 1.96 bits per heavy atom. The van der Waals surface area contributed by atoms with Crippen molar-refractivity contribution in [1.29, 1.82) is 0 Å². The SMILES string of the molecule is Cc1ccc(SC2O[C@H](CO)[C@@H](OCc3ccccc3)C[C@H]2N=[N+]=[N-])cc1. The van der Waals surface area contributed by atoms with Gasteiger partial charge in [-0.2, -0.15) is 0 Å². The van der Waals surface area contributed by atoms with Gasteiger partial charge in [-0.3, -0.25) is 0 Å². The van der Waals surface area contributed by atoms with E-state index in [1.807, 2.05) is 61.5 Å². The number of azide groups is 1. The van der Waals surface area contributed by atoms with E-state index in [4.69, 9.17) is 15.0 Å². The van der Waals surface area contributed by atoms with Gasteiger partial charge >= 0.3 is 0 Å². The average molecular weight is 385 g/mol. The van der Waals surface area contributed by atoms with Crippen molar-refractivity contribution in [2.75, 3.05) is 6.61 Å². The second-order valence-electron chi connectivity index (χ2n) is 6.50. The first kappa shape index (κ1) is 19.7. The normalized spacial score (nSPS) is 25.0. The van der Waals surface area contributed by atoms with Gasteiger partial charge < -0.3 is 14.6 Å².